The molecule has 1 N–H and O–H groups in total. The lowest BCUT2D eigenvalue weighted by Crippen LogP contribution is -2.37. The molecule has 0 aromatic rings. The largest absolute Gasteiger partial charge is 0.353 e. The van der Waals surface area contributed by atoms with Crippen LogP contribution in [0.4, 0.5) is 0 Å². The first kappa shape index (κ1) is 12.5. The summed E-state index contributed by atoms with van der Waals surface area (Å²) in [4.78, 5) is 11.4. The van der Waals surface area contributed by atoms with E-state index in [4.69, 9.17) is 0 Å². The molecule has 0 fully saturated rings. The van der Waals surface area contributed by atoms with Crippen molar-refractivity contribution in [3.63, 3.8) is 0 Å². The Kier molecular flexibility index (Phi) is 6.65. The number of hydrogen-bond donors (Lipinski definition) is 1. The third-order valence-electron chi connectivity index (χ3n) is 2.35. The Bertz CT molecular complexity index is 143. The zero-order valence-electron chi connectivity index (χ0n) is 9.39. The SMILES string of the molecule is CCCCC(=O)NC(CC)C(C)C. The minimum absolute atomic E-state index is 0.211. The Balaban J connectivity index is 3.73. The number of unbranched alkanes of at least 4 members (excludes halogenated alkanes) is 1. The fourth-order valence-corrected chi connectivity index (χ4v) is 1.36. The van der Waals surface area contributed by atoms with Crippen molar-refractivity contribution in [3.05, 3.63) is 0 Å². The number of hydrogen-bond acceptors (Lipinski definition) is 1. The predicted octanol–water partition coefficient (Wildman–Crippen LogP) is 2.73. The van der Waals surface area contributed by atoms with Crippen LogP contribution in [0.5, 0.6) is 0 Å². The fraction of sp³-hybridized carbons (Fsp3) is 0.909. The maximum Gasteiger partial charge on any atom is 0.220 e. The Morgan fingerprint density at radius 3 is 2.31 bits per heavy atom. The molecule has 1 unspecified atom stereocenters. The number of nitrogens with one attached hydrogen (secondary N) is 1. The van der Waals surface area contributed by atoms with E-state index >= 15 is 0 Å². The van der Waals surface area contributed by atoms with Crippen molar-refractivity contribution in [2.45, 2.75) is 59.4 Å². The molecule has 0 heterocycles. The molecule has 1 atom stereocenters. The molecule has 0 saturated heterocycles. The molecule has 0 radical (unpaired) electrons. The van der Waals surface area contributed by atoms with Crippen LogP contribution in [0.1, 0.15) is 53.4 Å². The van der Waals surface area contributed by atoms with Gasteiger partial charge in [-0.15, -0.1) is 0 Å². The lowest BCUT2D eigenvalue weighted by Gasteiger charge is -2.20. The van der Waals surface area contributed by atoms with Gasteiger partial charge >= 0.3 is 0 Å². The standard InChI is InChI=1S/C11H23NO/c1-5-7-8-11(13)12-10(6-2)9(3)4/h9-10H,5-8H2,1-4H3,(H,12,13). The van der Waals surface area contributed by atoms with Gasteiger partial charge in [0.25, 0.3) is 0 Å². The first-order chi connectivity index (χ1) is 6.11. The Hall–Kier alpha value is -0.530. The first-order valence-electron chi connectivity index (χ1n) is 5.41. The van der Waals surface area contributed by atoms with Crippen molar-refractivity contribution in [1.29, 1.82) is 0 Å². The predicted molar refractivity (Wildman–Crippen MR) is 56.6 cm³/mol. The van der Waals surface area contributed by atoms with Crippen LogP contribution in [0, 0.1) is 5.92 Å². The monoisotopic (exact) mass is 185 g/mol. The topological polar surface area (TPSA) is 29.1 Å². The quantitative estimate of drug-likeness (QED) is 0.677. The van der Waals surface area contributed by atoms with E-state index in [1.807, 2.05) is 0 Å². The Morgan fingerprint density at radius 1 is 1.31 bits per heavy atom. The van der Waals surface area contributed by atoms with Gasteiger partial charge in [0.15, 0.2) is 0 Å². The van der Waals surface area contributed by atoms with Crippen LogP contribution in [0.2, 0.25) is 0 Å². The zero-order valence-corrected chi connectivity index (χ0v) is 9.39. The van der Waals surface area contributed by atoms with Crippen molar-refractivity contribution in [3.8, 4) is 0 Å². The van der Waals surface area contributed by atoms with Gasteiger partial charge in [0.05, 0.1) is 0 Å². The van der Waals surface area contributed by atoms with Crippen LogP contribution < -0.4 is 5.32 Å². The summed E-state index contributed by atoms with van der Waals surface area (Å²) in [5, 5.41) is 3.06. The maximum absolute atomic E-state index is 11.4. The van der Waals surface area contributed by atoms with Crippen LogP contribution in [-0.4, -0.2) is 11.9 Å². The number of amides is 1. The van der Waals surface area contributed by atoms with Gasteiger partial charge in [-0.05, 0) is 18.8 Å². The summed E-state index contributed by atoms with van der Waals surface area (Å²) >= 11 is 0. The van der Waals surface area contributed by atoms with E-state index in [1.54, 1.807) is 0 Å². The zero-order chi connectivity index (χ0) is 10.3. The lowest BCUT2D eigenvalue weighted by atomic mass is 10.0. The molecule has 2 nitrogen and oxygen atoms in total. The second-order valence-electron chi connectivity index (χ2n) is 3.93. The summed E-state index contributed by atoms with van der Waals surface area (Å²) in [7, 11) is 0. The molecule has 1 amide bonds. The van der Waals surface area contributed by atoms with Crippen molar-refractivity contribution in [2.24, 2.45) is 5.92 Å². The highest BCUT2D eigenvalue weighted by Crippen LogP contribution is 2.06. The van der Waals surface area contributed by atoms with E-state index in [1.165, 1.54) is 0 Å². The molecule has 0 aliphatic heterocycles. The van der Waals surface area contributed by atoms with Gasteiger partial charge in [0.1, 0.15) is 0 Å². The van der Waals surface area contributed by atoms with Gasteiger partial charge < -0.3 is 5.32 Å². The van der Waals surface area contributed by atoms with Gasteiger partial charge in [-0.25, -0.2) is 0 Å². The van der Waals surface area contributed by atoms with Crippen LogP contribution in [-0.2, 0) is 4.79 Å². The summed E-state index contributed by atoms with van der Waals surface area (Å²) < 4.78 is 0. The minimum atomic E-state index is 0.211. The van der Waals surface area contributed by atoms with Gasteiger partial charge in [0, 0.05) is 12.5 Å². The molecule has 0 aliphatic carbocycles. The van der Waals surface area contributed by atoms with E-state index in [2.05, 4.69) is 33.0 Å². The van der Waals surface area contributed by atoms with E-state index in [0.717, 1.165) is 19.3 Å². The van der Waals surface area contributed by atoms with E-state index in [9.17, 15) is 4.79 Å². The van der Waals surface area contributed by atoms with Gasteiger partial charge in [-0.2, -0.15) is 0 Å². The molecule has 0 bridgehead atoms. The van der Waals surface area contributed by atoms with Crippen molar-refractivity contribution >= 4 is 5.91 Å². The Labute approximate surface area is 82.1 Å². The smallest absolute Gasteiger partial charge is 0.220 e. The molecule has 0 aromatic heterocycles. The van der Waals surface area contributed by atoms with Crippen molar-refractivity contribution in [2.75, 3.05) is 0 Å². The molecule has 0 aliphatic rings. The van der Waals surface area contributed by atoms with E-state index < -0.39 is 0 Å². The minimum Gasteiger partial charge on any atom is -0.353 e. The van der Waals surface area contributed by atoms with Gasteiger partial charge in [-0.1, -0.05) is 34.1 Å². The van der Waals surface area contributed by atoms with Crippen molar-refractivity contribution in [1.82, 2.24) is 5.32 Å². The fourth-order valence-electron chi connectivity index (χ4n) is 1.36. The van der Waals surface area contributed by atoms with Crippen LogP contribution in [0.3, 0.4) is 0 Å². The highest BCUT2D eigenvalue weighted by atomic mass is 16.1. The molecule has 13 heavy (non-hydrogen) atoms. The molecular weight excluding hydrogens is 162 g/mol. The second kappa shape index (κ2) is 6.93. The molecule has 78 valence electrons. The normalized spacial score (nSPS) is 13.0. The van der Waals surface area contributed by atoms with Crippen LogP contribution in [0.25, 0.3) is 0 Å². The van der Waals surface area contributed by atoms with Gasteiger partial charge in [0.2, 0.25) is 5.91 Å². The van der Waals surface area contributed by atoms with E-state index in [0.29, 0.717) is 18.4 Å². The number of rotatable bonds is 6. The molecule has 0 aromatic carbocycles. The average molecular weight is 185 g/mol. The second-order valence-corrected chi connectivity index (χ2v) is 3.93. The number of carbonyl (C=O) groups excluding carboxylic acids is 1. The first-order valence-corrected chi connectivity index (χ1v) is 5.41. The molecule has 2 heteroatoms. The van der Waals surface area contributed by atoms with Gasteiger partial charge in [-0.3, -0.25) is 4.79 Å². The molecule has 0 spiro atoms. The molecule has 0 rings (SSSR count). The third-order valence-corrected chi connectivity index (χ3v) is 2.35. The summed E-state index contributed by atoms with van der Waals surface area (Å²) in [6, 6.07) is 0.351. The number of carbonyl (C=O) groups is 1. The van der Waals surface area contributed by atoms with Crippen LogP contribution in [0.15, 0.2) is 0 Å². The van der Waals surface area contributed by atoms with Crippen molar-refractivity contribution < 1.29 is 4.79 Å². The summed E-state index contributed by atoms with van der Waals surface area (Å²) in [5.74, 6) is 0.748. The summed E-state index contributed by atoms with van der Waals surface area (Å²) in [6.45, 7) is 8.51. The van der Waals surface area contributed by atoms with E-state index in [-0.39, 0.29) is 5.91 Å². The summed E-state index contributed by atoms with van der Waals surface area (Å²) in [6.07, 6.45) is 3.79. The maximum atomic E-state index is 11.4. The van der Waals surface area contributed by atoms with Crippen LogP contribution >= 0.6 is 0 Å². The lowest BCUT2D eigenvalue weighted by molar-refractivity contribution is -0.122. The average Bonchev–Trinajstić information content (AvgIpc) is 2.10. The third kappa shape index (κ3) is 5.67. The Morgan fingerprint density at radius 2 is 1.92 bits per heavy atom. The highest BCUT2D eigenvalue weighted by Gasteiger charge is 2.12. The molecule has 0 saturated carbocycles. The molecular formula is C11H23NO. The highest BCUT2D eigenvalue weighted by molar-refractivity contribution is 5.76. The summed E-state index contributed by atoms with van der Waals surface area (Å²) in [5.41, 5.74) is 0.